The van der Waals surface area contributed by atoms with Crippen molar-refractivity contribution in [3.63, 3.8) is 0 Å². The highest BCUT2D eigenvalue weighted by Crippen LogP contribution is 2.29. The minimum atomic E-state index is -0.565. The number of hydrogen-bond donors (Lipinski definition) is 0. The van der Waals surface area contributed by atoms with Crippen LogP contribution in [0.25, 0.3) is 6.08 Å². The second-order valence-electron chi connectivity index (χ2n) is 5.95. The predicted molar refractivity (Wildman–Crippen MR) is 93.0 cm³/mol. The van der Waals surface area contributed by atoms with E-state index < -0.39 is 5.92 Å². The highest BCUT2D eigenvalue weighted by atomic mass is 16.2. The van der Waals surface area contributed by atoms with Crippen molar-refractivity contribution >= 4 is 23.3 Å². The first kappa shape index (κ1) is 15.2. The van der Waals surface area contributed by atoms with Gasteiger partial charge in [-0.2, -0.15) is 0 Å². The lowest BCUT2D eigenvalue weighted by Crippen LogP contribution is -2.13. The van der Waals surface area contributed by atoms with E-state index in [4.69, 9.17) is 0 Å². The third kappa shape index (κ3) is 2.95. The number of hydrogen-bond acceptors (Lipinski definition) is 3. The van der Waals surface area contributed by atoms with E-state index in [0.29, 0.717) is 17.5 Å². The van der Waals surface area contributed by atoms with Gasteiger partial charge in [0.15, 0.2) is 11.6 Å². The average Bonchev–Trinajstić information content (AvgIpc) is 2.81. The van der Waals surface area contributed by atoms with Crippen LogP contribution in [0.1, 0.15) is 32.7 Å². The zero-order chi connectivity index (χ0) is 16.4. The molecule has 0 saturated carbocycles. The standard InChI is InChI=1S/C20H19NO2/c1-21(2)15-12-10-14(11-13-15)6-5-9-18-19(22)16-7-3-4-8-17(16)20(18)23/h3-8,10-13,18H,9H2,1-2H3/b6-5+. The van der Waals surface area contributed by atoms with Crippen molar-refractivity contribution in [2.24, 2.45) is 5.92 Å². The molecule has 2 aromatic carbocycles. The maximum absolute atomic E-state index is 12.3. The van der Waals surface area contributed by atoms with Gasteiger partial charge < -0.3 is 4.90 Å². The van der Waals surface area contributed by atoms with Gasteiger partial charge in [0.1, 0.15) is 0 Å². The Morgan fingerprint density at radius 1 is 0.913 bits per heavy atom. The summed E-state index contributed by atoms with van der Waals surface area (Å²) in [5.41, 5.74) is 3.32. The van der Waals surface area contributed by atoms with Crippen molar-refractivity contribution < 1.29 is 9.59 Å². The van der Waals surface area contributed by atoms with E-state index in [1.807, 2.05) is 55.4 Å². The Morgan fingerprint density at radius 3 is 2.00 bits per heavy atom. The summed E-state index contributed by atoms with van der Waals surface area (Å²) in [6.45, 7) is 0. The first-order valence-electron chi connectivity index (χ1n) is 7.69. The minimum absolute atomic E-state index is 0.0572. The van der Waals surface area contributed by atoms with Crippen LogP contribution in [0.5, 0.6) is 0 Å². The van der Waals surface area contributed by atoms with Crippen molar-refractivity contribution in [1.29, 1.82) is 0 Å². The Labute approximate surface area is 136 Å². The van der Waals surface area contributed by atoms with Crippen LogP contribution in [0.15, 0.2) is 54.6 Å². The van der Waals surface area contributed by atoms with E-state index in [-0.39, 0.29) is 11.6 Å². The molecule has 3 rings (SSSR count). The van der Waals surface area contributed by atoms with Crippen LogP contribution in [-0.2, 0) is 0 Å². The molecule has 0 atom stereocenters. The summed E-state index contributed by atoms with van der Waals surface area (Å²) in [4.78, 5) is 26.7. The molecule has 116 valence electrons. The Hall–Kier alpha value is -2.68. The summed E-state index contributed by atoms with van der Waals surface area (Å²) >= 11 is 0. The van der Waals surface area contributed by atoms with Gasteiger partial charge in [-0.15, -0.1) is 0 Å². The number of allylic oxidation sites excluding steroid dienone is 1. The van der Waals surface area contributed by atoms with Crippen molar-refractivity contribution in [2.45, 2.75) is 6.42 Å². The van der Waals surface area contributed by atoms with Crippen molar-refractivity contribution in [3.8, 4) is 0 Å². The minimum Gasteiger partial charge on any atom is -0.378 e. The molecule has 0 saturated heterocycles. The number of Topliss-reactive ketones (excluding diaryl/α,β-unsaturated/α-hetero) is 2. The fraction of sp³-hybridized carbons (Fsp3) is 0.200. The van der Waals surface area contributed by atoms with Crippen LogP contribution in [0.3, 0.4) is 0 Å². The second kappa shape index (κ2) is 6.21. The van der Waals surface area contributed by atoms with Crippen LogP contribution >= 0.6 is 0 Å². The van der Waals surface area contributed by atoms with Crippen LogP contribution in [0, 0.1) is 5.92 Å². The molecule has 0 aromatic heterocycles. The van der Waals surface area contributed by atoms with Crippen LogP contribution < -0.4 is 4.90 Å². The average molecular weight is 305 g/mol. The maximum atomic E-state index is 12.3. The molecule has 0 aliphatic heterocycles. The highest BCUT2D eigenvalue weighted by molar-refractivity contribution is 6.26. The zero-order valence-corrected chi connectivity index (χ0v) is 13.3. The lowest BCUT2D eigenvalue weighted by Gasteiger charge is -2.11. The number of anilines is 1. The number of nitrogens with zero attached hydrogens (tertiary/aromatic N) is 1. The number of benzene rings is 2. The first-order valence-corrected chi connectivity index (χ1v) is 7.69. The molecule has 0 N–H and O–H groups in total. The van der Waals surface area contributed by atoms with Gasteiger partial charge in [0.05, 0.1) is 5.92 Å². The third-order valence-electron chi connectivity index (χ3n) is 4.18. The third-order valence-corrected chi connectivity index (χ3v) is 4.18. The van der Waals surface area contributed by atoms with Gasteiger partial charge in [0.2, 0.25) is 0 Å². The van der Waals surface area contributed by atoms with E-state index in [9.17, 15) is 9.59 Å². The highest BCUT2D eigenvalue weighted by Gasteiger charge is 2.36. The quantitative estimate of drug-likeness (QED) is 0.805. The normalized spacial score (nSPS) is 14.5. The topological polar surface area (TPSA) is 37.4 Å². The lowest BCUT2D eigenvalue weighted by atomic mass is 9.99. The molecular weight excluding hydrogens is 286 g/mol. The van der Waals surface area contributed by atoms with E-state index >= 15 is 0 Å². The fourth-order valence-corrected chi connectivity index (χ4v) is 2.85. The molecule has 0 bridgehead atoms. The van der Waals surface area contributed by atoms with E-state index in [0.717, 1.165) is 11.3 Å². The lowest BCUT2D eigenvalue weighted by molar-refractivity contribution is 0.0840. The summed E-state index contributed by atoms with van der Waals surface area (Å²) < 4.78 is 0. The number of fused-ring (bicyclic) bond motifs is 1. The van der Waals surface area contributed by atoms with Crippen molar-refractivity contribution in [3.05, 3.63) is 71.3 Å². The zero-order valence-electron chi connectivity index (χ0n) is 13.3. The van der Waals surface area contributed by atoms with Crippen LogP contribution in [-0.4, -0.2) is 25.7 Å². The largest absolute Gasteiger partial charge is 0.378 e. The van der Waals surface area contributed by atoms with Gasteiger partial charge in [-0.05, 0) is 24.1 Å². The van der Waals surface area contributed by atoms with E-state index in [2.05, 4.69) is 0 Å². The van der Waals surface area contributed by atoms with E-state index in [1.54, 1.807) is 24.3 Å². The molecule has 3 nitrogen and oxygen atoms in total. The van der Waals surface area contributed by atoms with Gasteiger partial charge in [0.25, 0.3) is 0 Å². The van der Waals surface area contributed by atoms with Gasteiger partial charge in [0, 0.05) is 30.9 Å². The molecule has 0 spiro atoms. The molecule has 0 fully saturated rings. The molecule has 0 unspecified atom stereocenters. The van der Waals surface area contributed by atoms with Gasteiger partial charge >= 0.3 is 0 Å². The summed E-state index contributed by atoms with van der Waals surface area (Å²) in [6, 6.07) is 15.2. The summed E-state index contributed by atoms with van der Waals surface area (Å²) in [7, 11) is 4.00. The molecule has 0 heterocycles. The molecule has 2 aromatic rings. The molecule has 0 radical (unpaired) electrons. The van der Waals surface area contributed by atoms with Crippen LogP contribution in [0.4, 0.5) is 5.69 Å². The van der Waals surface area contributed by atoms with Crippen LogP contribution in [0.2, 0.25) is 0 Å². The number of carbonyl (C=O) groups excluding carboxylic acids is 2. The summed E-state index contributed by atoms with van der Waals surface area (Å²) in [6.07, 6.45) is 4.32. The molecule has 1 aliphatic rings. The number of ketones is 2. The molecule has 1 aliphatic carbocycles. The SMILES string of the molecule is CN(C)c1ccc(/C=C/CC2C(=O)c3ccccc3C2=O)cc1. The first-order chi connectivity index (χ1) is 11.1. The summed E-state index contributed by atoms with van der Waals surface area (Å²) in [5.74, 6) is -0.680. The monoisotopic (exact) mass is 305 g/mol. The number of carbonyl (C=O) groups is 2. The molecule has 23 heavy (non-hydrogen) atoms. The predicted octanol–water partition coefficient (Wildman–Crippen LogP) is 3.85. The molecular formula is C20H19NO2. The fourth-order valence-electron chi connectivity index (χ4n) is 2.85. The molecule has 0 amide bonds. The van der Waals surface area contributed by atoms with Crippen molar-refractivity contribution in [2.75, 3.05) is 19.0 Å². The molecule has 3 heteroatoms. The smallest absolute Gasteiger partial charge is 0.174 e. The van der Waals surface area contributed by atoms with Gasteiger partial charge in [-0.25, -0.2) is 0 Å². The van der Waals surface area contributed by atoms with Gasteiger partial charge in [-0.1, -0.05) is 48.6 Å². The van der Waals surface area contributed by atoms with E-state index in [1.165, 1.54) is 0 Å². The van der Waals surface area contributed by atoms with Gasteiger partial charge in [-0.3, -0.25) is 9.59 Å². The number of rotatable bonds is 4. The maximum Gasteiger partial charge on any atom is 0.174 e. The Bertz CT molecular complexity index is 737. The van der Waals surface area contributed by atoms with Crippen molar-refractivity contribution in [1.82, 2.24) is 0 Å². The second-order valence-corrected chi connectivity index (χ2v) is 5.95. The Morgan fingerprint density at radius 2 is 1.48 bits per heavy atom. The summed E-state index contributed by atoms with van der Waals surface area (Å²) in [5, 5.41) is 0. The Kier molecular flexibility index (Phi) is 4.11. The Balaban J connectivity index is 1.69.